The highest BCUT2D eigenvalue weighted by molar-refractivity contribution is 5.94. The van der Waals surface area contributed by atoms with Gasteiger partial charge in [0.15, 0.2) is 0 Å². The molecular formula is C15H20N4O. The second kappa shape index (κ2) is 5.86. The summed E-state index contributed by atoms with van der Waals surface area (Å²) in [7, 11) is 1.79. The van der Waals surface area contributed by atoms with Crippen LogP contribution in [0.4, 0.5) is 0 Å². The number of hydrogen-bond donors (Lipinski definition) is 0. The minimum absolute atomic E-state index is 0.0155. The van der Waals surface area contributed by atoms with E-state index < -0.39 is 0 Å². The highest BCUT2D eigenvalue weighted by atomic mass is 16.2. The molecule has 0 saturated carbocycles. The molecule has 0 spiro atoms. The van der Waals surface area contributed by atoms with Crippen molar-refractivity contribution in [1.29, 1.82) is 0 Å². The summed E-state index contributed by atoms with van der Waals surface area (Å²) in [5, 5.41) is 4.28. The van der Waals surface area contributed by atoms with Crippen molar-refractivity contribution in [3.05, 3.63) is 47.5 Å². The average Bonchev–Trinajstić information content (AvgIpc) is 2.81. The number of nitrogens with zero attached hydrogens (tertiary/aromatic N) is 4. The van der Waals surface area contributed by atoms with Crippen LogP contribution in [0.2, 0.25) is 0 Å². The first kappa shape index (κ1) is 14.2. The first-order valence-electron chi connectivity index (χ1n) is 6.69. The molecule has 5 nitrogen and oxygen atoms in total. The van der Waals surface area contributed by atoms with E-state index in [1.165, 1.54) is 0 Å². The highest BCUT2D eigenvalue weighted by Crippen LogP contribution is 2.15. The van der Waals surface area contributed by atoms with Crippen LogP contribution in [0.3, 0.4) is 0 Å². The number of pyridine rings is 1. The van der Waals surface area contributed by atoms with Crippen molar-refractivity contribution in [2.45, 2.75) is 33.4 Å². The van der Waals surface area contributed by atoms with Gasteiger partial charge in [0, 0.05) is 37.7 Å². The van der Waals surface area contributed by atoms with E-state index in [0.717, 1.165) is 11.3 Å². The van der Waals surface area contributed by atoms with Crippen molar-refractivity contribution in [3.63, 3.8) is 0 Å². The number of carbonyl (C=O) groups is 1. The minimum Gasteiger partial charge on any atom is -0.337 e. The Morgan fingerprint density at radius 2 is 2.15 bits per heavy atom. The van der Waals surface area contributed by atoms with Crippen molar-refractivity contribution < 1.29 is 4.79 Å². The molecule has 0 saturated heterocycles. The van der Waals surface area contributed by atoms with Crippen LogP contribution in [-0.2, 0) is 6.54 Å². The second-order valence-electron chi connectivity index (χ2n) is 5.20. The van der Waals surface area contributed by atoms with Crippen molar-refractivity contribution >= 4 is 5.91 Å². The molecule has 0 aliphatic heterocycles. The molecule has 0 aliphatic carbocycles. The lowest BCUT2D eigenvalue weighted by molar-refractivity contribution is 0.0784. The molecule has 0 unspecified atom stereocenters. The van der Waals surface area contributed by atoms with Gasteiger partial charge in [-0.15, -0.1) is 0 Å². The highest BCUT2D eigenvalue weighted by Gasteiger charge is 2.19. The molecular weight excluding hydrogens is 252 g/mol. The van der Waals surface area contributed by atoms with Crippen LogP contribution in [0.1, 0.15) is 41.5 Å². The first-order chi connectivity index (χ1) is 9.50. The van der Waals surface area contributed by atoms with Crippen LogP contribution in [0.5, 0.6) is 0 Å². The van der Waals surface area contributed by atoms with Crippen LogP contribution < -0.4 is 0 Å². The SMILES string of the molecule is Cc1c(C(=O)N(C)Cc2cccnc2)cnn1C(C)C. The zero-order valence-electron chi connectivity index (χ0n) is 12.4. The van der Waals surface area contributed by atoms with Gasteiger partial charge in [0.05, 0.1) is 11.8 Å². The molecule has 2 heterocycles. The summed E-state index contributed by atoms with van der Waals surface area (Å²) in [6.07, 6.45) is 5.15. The maximum Gasteiger partial charge on any atom is 0.257 e. The monoisotopic (exact) mass is 272 g/mol. The summed E-state index contributed by atoms with van der Waals surface area (Å²) < 4.78 is 1.87. The first-order valence-corrected chi connectivity index (χ1v) is 6.69. The fourth-order valence-corrected chi connectivity index (χ4v) is 2.20. The number of rotatable bonds is 4. The third-order valence-electron chi connectivity index (χ3n) is 3.25. The summed E-state index contributed by atoms with van der Waals surface area (Å²) in [6, 6.07) is 4.08. The fourth-order valence-electron chi connectivity index (χ4n) is 2.20. The Labute approximate surface area is 119 Å². The Morgan fingerprint density at radius 3 is 2.70 bits per heavy atom. The molecule has 0 atom stereocenters. The molecule has 2 aromatic heterocycles. The third-order valence-corrected chi connectivity index (χ3v) is 3.25. The maximum absolute atomic E-state index is 12.5. The minimum atomic E-state index is -0.0155. The Balaban J connectivity index is 2.15. The van der Waals surface area contributed by atoms with E-state index in [4.69, 9.17) is 0 Å². The topological polar surface area (TPSA) is 51.0 Å². The summed E-state index contributed by atoms with van der Waals surface area (Å²) in [6.45, 7) is 6.57. The fraction of sp³-hybridized carbons (Fsp3) is 0.400. The molecule has 0 fully saturated rings. The zero-order chi connectivity index (χ0) is 14.7. The van der Waals surface area contributed by atoms with Gasteiger partial charge in [0.2, 0.25) is 0 Å². The summed E-state index contributed by atoms with van der Waals surface area (Å²) >= 11 is 0. The van der Waals surface area contributed by atoms with Crippen molar-refractivity contribution in [3.8, 4) is 0 Å². The maximum atomic E-state index is 12.5. The van der Waals surface area contributed by atoms with Crippen LogP contribution in [-0.4, -0.2) is 32.6 Å². The molecule has 0 aromatic carbocycles. The summed E-state index contributed by atoms with van der Waals surface area (Å²) in [4.78, 5) is 18.2. The van der Waals surface area contributed by atoms with Gasteiger partial charge in [-0.25, -0.2) is 0 Å². The lowest BCUT2D eigenvalue weighted by Gasteiger charge is -2.17. The summed E-state index contributed by atoms with van der Waals surface area (Å²) in [5.41, 5.74) is 2.57. The van der Waals surface area contributed by atoms with E-state index in [0.29, 0.717) is 12.1 Å². The van der Waals surface area contributed by atoms with Crippen molar-refractivity contribution in [2.75, 3.05) is 7.05 Å². The van der Waals surface area contributed by atoms with E-state index in [-0.39, 0.29) is 11.9 Å². The van der Waals surface area contributed by atoms with Crippen LogP contribution in [0.25, 0.3) is 0 Å². The Bertz CT molecular complexity index is 589. The molecule has 5 heteroatoms. The molecule has 0 radical (unpaired) electrons. The average molecular weight is 272 g/mol. The van der Waals surface area contributed by atoms with Crippen LogP contribution in [0.15, 0.2) is 30.7 Å². The molecule has 2 rings (SSSR count). The van der Waals surface area contributed by atoms with Crippen LogP contribution in [0, 0.1) is 6.92 Å². The van der Waals surface area contributed by atoms with Crippen LogP contribution >= 0.6 is 0 Å². The lowest BCUT2D eigenvalue weighted by Crippen LogP contribution is -2.26. The quantitative estimate of drug-likeness (QED) is 0.859. The second-order valence-corrected chi connectivity index (χ2v) is 5.20. The van der Waals surface area contributed by atoms with Gasteiger partial charge in [0.1, 0.15) is 0 Å². The molecule has 106 valence electrons. The Morgan fingerprint density at radius 1 is 1.40 bits per heavy atom. The predicted octanol–water partition coefficient (Wildman–Crippen LogP) is 2.44. The zero-order valence-corrected chi connectivity index (χ0v) is 12.4. The van der Waals surface area contributed by atoms with E-state index in [1.54, 1.807) is 30.5 Å². The van der Waals surface area contributed by atoms with Crippen molar-refractivity contribution in [2.24, 2.45) is 0 Å². The van der Waals surface area contributed by atoms with E-state index in [2.05, 4.69) is 10.1 Å². The number of hydrogen-bond acceptors (Lipinski definition) is 3. The van der Waals surface area contributed by atoms with Gasteiger partial charge >= 0.3 is 0 Å². The molecule has 0 N–H and O–H groups in total. The molecule has 0 bridgehead atoms. The van der Waals surface area contributed by atoms with E-state index in [9.17, 15) is 4.79 Å². The van der Waals surface area contributed by atoms with Gasteiger partial charge in [0.25, 0.3) is 5.91 Å². The Kier molecular flexibility index (Phi) is 4.17. The smallest absolute Gasteiger partial charge is 0.257 e. The van der Waals surface area contributed by atoms with E-state index >= 15 is 0 Å². The van der Waals surface area contributed by atoms with Gasteiger partial charge in [-0.2, -0.15) is 5.10 Å². The number of amides is 1. The predicted molar refractivity (Wildman–Crippen MR) is 77.4 cm³/mol. The number of aromatic nitrogens is 3. The number of carbonyl (C=O) groups excluding carboxylic acids is 1. The summed E-state index contributed by atoms with van der Waals surface area (Å²) in [5.74, 6) is -0.0155. The molecule has 0 aliphatic rings. The molecule has 2 aromatic rings. The van der Waals surface area contributed by atoms with Gasteiger partial charge in [-0.1, -0.05) is 6.07 Å². The normalized spacial score (nSPS) is 10.8. The van der Waals surface area contributed by atoms with Gasteiger partial charge in [-0.05, 0) is 32.4 Å². The molecule has 20 heavy (non-hydrogen) atoms. The standard InChI is InChI=1S/C15H20N4O/c1-11(2)19-12(3)14(9-17-19)15(20)18(4)10-13-6-5-7-16-8-13/h5-9,11H,10H2,1-4H3. The third kappa shape index (κ3) is 2.87. The van der Waals surface area contributed by atoms with Gasteiger partial charge < -0.3 is 4.90 Å². The van der Waals surface area contributed by atoms with Crippen molar-refractivity contribution in [1.82, 2.24) is 19.7 Å². The lowest BCUT2D eigenvalue weighted by atomic mass is 10.2. The Hall–Kier alpha value is -2.17. The largest absolute Gasteiger partial charge is 0.337 e. The molecule has 1 amide bonds. The van der Waals surface area contributed by atoms with Gasteiger partial charge in [-0.3, -0.25) is 14.5 Å². The van der Waals surface area contributed by atoms with E-state index in [1.807, 2.05) is 37.6 Å².